The van der Waals surface area contributed by atoms with Gasteiger partial charge in [-0.25, -0.2) is 13.4 Å². The second-order valence-electron chi connectivity index (χ2n) is 10.4. The number of carbonyl (C=O) groups is 2. The summed E-state index contributed by atoms with van der Waals surface area (Å²) in [6, 6.07) is 8.17. The fourth-order valence-corrected chi connectivity index (χ4v) is 5.89. The van der Waals surface area contributed by atoms with Crippen molar-refractivity contribution in [3.05, 3.63) is 65.2 Å². The van der Waals surface area contributed by atoms with Crippen LogP contribution in [0.4, 0.5) is 26.3 Å². The first-order chi connectivity index (χ1) is 19.5. The summed E-state index contributed by atoms with van der Waals surface area (Å²) in [4.78, 5) is 29.7. The van der Waals surface area contributed by atoms with E-state index in [1.165, 1.54) is 30.3 Å². The van der Waals surface area contributed by atoms with Crippen LogP contribution in [0.1, 0.15) is 66.9 Å². The molecule has 0 bridgehead atoms. The maximum Gasteiger partial charge on any atom is 0.416 e. The summed E-state index contributed by atoms with van der Waals surface area (Å²) in [5.74, 6) is -1.43. The molecule has 42 heavy (non-hydrogen) atoms. The van der Waals surface area contributed by atoms with Gasteiger partial charge in [-0.05, 0) is 68.1 Å². The molecular formula is C28H27F6N3O4S. The molecule has 0 atom stereocenters. The fourth-order valence-electron chi connectivity index (χ4n) is 4.70. The normalized spacial score (nSPS) is 15.2. The molecule has 0 unspecified atom stereocenters. The number of sulfonamides is 1. The number of hydrogen-bond acceptors (Lipinski definition) is 5. The zero-order chi connectivity index (χ0) is 30.9. The van der Waals surface area contributed by atoms with Gasteiger partial charge in [0.25, 0.3) is 5.91 Å². The predicted octanol–water partition coefficient (Wildman–Crippen LogP) is 6.23. The van der Waals surface area contributed by atoms with Crippen molar-refractivity contribution in [2.45, 2.75) is 63.3 Å². The van der Waals surface area contributed by atoms with Crippen LogP contribution < -0.4 is 10.0 Å². The van der Waals surface area contributed by atoms with Crippen LogP contribution in [0.2, 0.25) is 0 Å². The van der Waals surface area contributed by atoms with Gasteiger partial charge in [0.1, 0.15) is 0 Å². The molecule has 2 aromatic carbocycles. The van der Waals surface area contributed by atoms with Crippen molar-refractivity contribution in [1.82, 2.24) is 15.0 Å². The van der Waals surface area contributed by atoms with Crippen LogP contribution in [0, 0.1) is 0 Å². The number of nitrogens with zero attached hydrogens (tertiary/aromatic N) is 1. The number of pyridine rings is 1. The van der Waals surface area contributed by atoms with Crippen molar-refractivity contribution in [2.75, 3.05) is 5.75 Å². The van der Waals surface area contributed by atoms with Crippen molar-refractivity contribution in [1.29, 1.82) is 0 Å². The van der Waals surface area contributed by atoms with Crippen LogP contribution in [-0.4, -0.2) is 36.5 Å². The SMILES string of the molecule is CCCCS(=O)(=O)NC(=O)CC1(NC(=O)c2ccc3nc(-c4cc(C(F)(F)F)cc(C(F)(F)F)c4)ccc3c2)CCC1. The van der Waals surface area contributed by atoms with Crippen LogP contribution in [0.15, 0.2) is 48.5 Å². The van der Waals surface area contributed by atoms with Crippen molar-refractivity contribution in [2.24, 2.45) is 0 Å². The van der Waals surface area contributed by atoms with Crippen molar-refractivity contribution in [3.8, 4) is 11.3 Å². The van der Waals surface area contributed by atoms with E-state index in [-0.39, 0.29) is 40.6 Å². The number of hydrogen-bond donors (Lipinski definition) is 2. The molecule has 1 aliphatic rings. The van der Waals surface area contributed by atoms with E-state index in [0.717, 1.165) is 6.42 Å². The number of amides is 2. The van der Waals surface area contributed by atoms with Gasteiger partial charge in [-0.1, -0.05) is 19.4 Å². The maximum atomic E-state index is 13.3. The van der Waals surface area contributed by atoms with E-state index in [9.17, 15) is 44.3 Å². The molecule has 3 aromatic rings. The highest BCUT2D eigenvalue weighted by molar-refractivity contribution is 7.90. The van der Waals surface area contributed by atoms with Gasteiger partial charge in [0.15, 0.2) is 0 Å². The minimum Gasteiger partial charge on any atom is -0.346 e. The second-order valence-corrected chi connectivity index (χ2v) is 12.2. The highest BCUT2D eigenvalue weighted by Crippen LogP contribution is 2.39. The Balaban J connectivity index is 1.54. The largest absolute Gasteiger partial charge is 0.416 e. The molecule has 7 nitrogen and oxygen atoms in total. The average Bonchev–Trinajstić information content (AvgIpc) is 2.88. The molecule has 4 rings (SSSR count). The molecule has 0 saturated heterocycles. The second kappa shape index (κ2) is 11.5. The Morgan fingerprint density at radius 1 is 0.929 bits per heavy atom. The average molecular weight is 616 g/mol. The number of carbonyl (C=O) groups excluding carboxylic acids is 2. The zero-order valence-electron chi connectivity index (χ0n) is 22.3. The monoisotopic (exact) mass is 615 g/mol. The number of fused-ring (bicyclic) bond motifs is 1. The van der Waals surface area contributed by atoms with Gasteiger partial charge in [-0.3, -0.25) is 14.3 Å². The van der Waals surface area contributed by atoms with Gasteiger partial charge < -0.3 is 5.32 Å². The first-order valence-electron chi connectivity index (χ1n) is 13.1. The van der Waals surface area contributed by atoms with Gasteiger partial charge in [-0.2, -0.15) is 26.3 Å². The van der Waals surface area contributed by atoms with Crippen LogP contribution >= 0.6 is 0 Å². The van der Waals surface area contributed by atoms with Gasteiger partial charge in [0.2, 0.25) is 15.9 Å². The standard InChI is InChI=1S/C28H27F6N3O4S/c1-2-3-11-42(40,41)37-24(38)16-26(9-4-10-26)36-25(39)18-6-8-22-17(12-18)5-7-23(35-22)19-13-20(27(29,30)31)15-21(14-19)28(32,33)34/h5-8,12-15H,2-4,9-11,16H2,1H3,(H,36,39)(H,37,38). The third-order valence-corrected chi connectivity index (χ3v) is 8.42. The first kappa shape index (κ1) is 31.3. The van der Waals surface area contributed by atoms with E-state index in [4.69, 9.17) is 0 Å². The lowest BCUT2D eigenvalue weighted by Gasteiger charge is -2.42. The van der Waals surface area contributed by atoms with Crippen LogP contribution in [0.25, 0.3) is 22.2 Å². The smallest absolute Gasteiger partial charge is 0.346 e. The molecule has 2 amide bonds. The number of benzene rings is 2. The van der Waals surface area contributed by atoms with E-state index < -0.39 is 50.9 Å². The van der Waals surface area contributed by atoms with Crippen LogP contribution in [-0.2, 0) is 27.2 Å². The molecule has 0 spiro atoms. The van der Waals surface area contributed by atoms with Gasteiger partial charge >= 0.3 is 12.4 Å². The Morgan fingerprint density at radius 2 is 1.57 bits per heavy atom. The predicted molar refractivity (Wildman–Crippen MR) is 143 cm³/mol. The lowest BCUT2D eigenvalue weighted by atomic mass is 9.74. The first-order valence-corrected chi connectivity index (χ1v) is 14.7. The molecule has 1 fully saturated rings. The van der Waals surface area contributed by atoms with Gasteiger partial charge in [-0.15, -0.1) is 0 Å². The zero-order valence-corrected chi connectivity index (χ0v) is 23.1. The summed E-state index contributed by atoms with van der Waals surface area (Å²) in [5.41, 5.74) is -3.93. The topological polar surface area (TPSA) is 105 Å². The van der Waals surface area contributed by atoms with Crippen LogP contribution in [0.3, 0.4) is 0 Å². The molecular weight excluding hydrogens is 588 g/mol. The summed E-state index contributed by atoms with van der Waals surface area (Å²) in [7, 11) is -3.78. The van der Waals surface area contributed by atoms with Gasteiger partial charge in [0, 0.05) is 22.1 Å². The van der Waals surface area contributed by atoms with Crippen LogP contribution in [0.5, 0.6) is 0 Å². The molecule has 1 aromatic heterocycles. The number of unbranched alkanes of at least 4 members (excludes halogenated alkanes) is 1. The van der Waals surface area contributed by atoms with E-state index in [1.54, 1.807) is 0 Å². The Bertz CT molecular complexity index is 1580. The number of halogens is 6. The van der Waals surface area contributed by atoms with Crippen molar-refractivity contribution >= 4 is 32.7 Å². The molecule has 0 radical (unpaired) electrons. The molecule has 14 heteroatoms. The molecule has 1 saturated carbocycles. The van der Waals surface area contributed by atoms with Gasteiger partial charge in [0.05, 0.1) is 34.5 Å². The number of nitrogens with one attached hydrogen (secondary N) is 2. The van der Waals surface area contributed by atoms with Crippen molar-refractivity contribution < 1.29 is 44.3 Å². The number of aromatic nitrogens is 1. The molecule has 2 N–H and O–H groups in total. The highest BCUT2D eigenvalue weighted by Gasteiger charge is 2.41. The summed E-state index contributed by atoms with van der Waals surface area (Å²) >= 11 is 0. The Labute approximate surface area is 237 Å². The van der Waals surface area contributed by atoms with E-state index in [1.807, 2.05) is 11.6 Å². The Hall–Kier alpha value is -3.68. The number of rotatable bonds is 9. The van der Waals surface area contributed by atoms with Crippen molar-refractivity contribution in [3.63, 3.8) is 0 Å². The Kier molecular flexibility index (Phi) is 8.59. The van der Waals surface area contributed by atoms with E-state index in [0.29, 0.717) is 43.2 Å². The lowest BCUT2D eigenvalue weighted by Crippen LogP contribution is -2.56. The van der Waals surface area contributed by atoms with E-state index in [2.05, 4.69) is 10.3 Å². The Morgan fingerprint density at radius 3 is 2.12 bits per heavy atom. The quantitative estimate of drug-likeness (QED) is 0.278. The fraction of sp³-hybridized carbons (Fsp3) is 0.393. The summed E-state index contributed by atoms with van der Waals surface area (Å²) in [6.45, 7) is 1.82. The third kappa shape index (κ3) is 7.39. The minimum atomic E-state index is -5.00. The number of alkyl halides is 6. The maximum absolute atomic E-state index is 13.3. The highest BCUT2D eigenvalue weighted by atomic mass is 32.2. The summed E-state index contributed by atoms with van der Waals surface area (Å²) < 4.78 is 106. The molecule has 226 valence electrons. The summed E-state index contributed by atoms with van der Waals surface area (Å²) in [5, 5.41) is 3.22. The third-order valence-electron chi connectivity index (χ3n) is 7.06. The molecule has 1 aliphatic carbocycles. The minimum absolute atomic E-state index is 0.0410. The molecule has 1 heterocycles. The van der Waals surface area contributed by atoms with E-state index >= 15 is 0 Å². The summed E-state index contributed by atoms with van der Waals surface area (Å²) in [6.07, 6.45) is -7.52. The lowest BCUT2D eigenvalue weighted by molar-refractivity contribution is -0.143. The molecule has 0 aliphatic heterocycles.